The minimum Gasteiger partial charge on any atom is -0.375 e. The maximum absolute atomic E-state index is 13.5. The van der Waals surface area contributed by atoms with E-state index < -0.39 is 5.91 Å². The largest absolute Gasteiger partial charge is 0.375 e. The molecule has 180 valence electrons. The number of hydrazine groups is 1. The molecule has 0 aromatic heterocycles. The van der Waals surface area contributed by atoms with Crippen LogP contribution in [0, 0.1) is 6.92 Å². The molecule has 0 spiro atoms. The SMILES string of the molecule is CCN(C)c1ccc(N=C2C(=O)N(c3c(Cl)cc(Cl)cc3Cl)NC2=Nc2cc(C)ccc2Cl)cc1. The summed E-state index contributed by atoms with van der Waals surface area (Å²) in [4.78, 5) is 24.9. The van der Waals surface area contributed by atoms with Gasteiger partial charge in [-0.25, -0.2) is 15.0 Å². The number of carbonyl (C=O) groups excluding carboxylic acids is 1. The molecule has 1 saturated heterocycles. The normalized spacial score (nSPS) is 15.7. The Kier molecular flexibility index (Phi) is 7.57. The Hall–Kier alpha value is -2.77. The van der Waals surface area contributed by atoms with Gasteiger partial charge in [0.15, 0.2) is 11.5 Å². The molecule has 10 heteroatoms. The second-order valence-corrected chi connectivity index (χ2v) is 9.53. The van der Waals surface area contributed by atoms with Gasteiger partial charge >= 0.3 is 0 Å². The zero-order valence-electron chi connectivity index (χ0n) is 19.1. The van der Waals surface area contributed by atoms with E-state index in [0.717, 1.165) is 17.8 Å². The van der Waals surface area contributed by atoms with Gasteiger partial charge in [-0.2, -0.15) is 0 Å². The summed E-state index contributed by atoms with van der Waals surface area (Å²) in [5.74, 6) is -0.271. The lowest BCUT2D eigenvalue weighted by molar-refractivity contribution is -0.112. The molecule has 0 radical (unpaired) electrons. The van der Waals surface area contributed by atoms with Crippen LogP contribution in [0.15, 0.2) is 64.6 Å². The van der Waals surface area contributed by atoms with Crippen LogP contribution in [0.3, 0.4) is 0 Å². The van der Waals surface area contributed by atoms with Crippen LogP contribution in [-0.4, -0.2) is 31.0 Å². The fourth-order valence-electron chi connectivity index (χ4n) is 3.42. The molecule has 1 heterocycles. The van der Waals surface area contributed by atoms with Crippen molar-refractivity contribution < 1.29 is 4.79 Å². The van der Waals surface area contributed by atoms with Crippen molar-refractivity contribution in [2.45, 2.75) is 13.8 Å². The van der Waals surface area contributed by atoms with Crippen molar-refractivity contribution in [3.8, 4) is 0 Å². The summed E-state index contributed by atoms with van der Waals surface area (Å²) in [6.07, 6.45) is 0. The average molecular weight is 549 g/mol. The Labute approximate surface area is 223 Å². The lowest BCUT2D eigenvalue weighted by Crippen LogP contribution is -2.36. The number of nitrogens with one attached hydrogen (secondary N) is 1. The Morgan fingerprint density at radius 1 is 0.914 bits per heavy atom. The Morgan fingerprint density at radius 3 is 2.20 bits per heavy atom. The van der Waals surface area contributed by atoms with E-state index in [0.29, 0.717) is 21.4 Å². The van der Waals surface area contributed by atoms with E-state index in [2.05, 4.69) is 27.2 Å². The monoisotopic (exact) mass is 547 g/mol. The highest BCUT2D eigenvalue weighted by atomic mass is 35.5. The molecule has 0 saturated carbocycles. The molecule has 6 nitrogen and oxygen atoms in total. The minimum atomic E-state index is -0.478. The first-order valence-electron chi connectivity index (χ1n) is 10.7. The summed E-state index contributed by atoms with van der Waals surface area (Å²) in [6, 6.07) is 16.0. The van der Waals surface area contributed by atoms with Gasteiger partial charge < -0.3 is 4.90 Å². The van der Waals surface area contributed by atoms with Crippen molar-refractivity contribution >= 4 is 86.6 Å². The smallest absolute Gasteiger partial charge is 0.299 e. The Balaban J connectivity index is 1.82. The van der Waals surface area contributed by atoms with Crippen molar-refractivity contribution in [3.05, 3.63) is 80.3 Å². The van der Waals surface area contributed by atoms with Crippen LogP contribution in [0.2, 0.25) is 20.1 Å². The number of amides is 1. The van der Waals surface area contributed by atoms with Crippen molar-refractivity contribution in [2.75, 3.05) is 23.5 Å². The Morgan fingerprint density at radius 2 is 1.57 bits per heavy atom. The van der Waals surface area contributed by atoms with Crippen molar-refractivity contribution in [2.24, 2.45) is 9.98 Å². The second-order valence-electron chi connectivity index (χ2n) is 7.88. The van der Waals surface area contributed by atoms with Gasteiger partial charge in [0.2, 0.25) is 0 Å². The minimum absolute atomic E-state index is 0.0845. The molecule has 0 bridgehead atoms. The summed E-state index contributed by atoms with van der Waals surface area (Å²) < 4.78 is 0. The molecule has 4 rings (SSSR count). The standard InChI is InChI=1S/C25H21Cl4N5O/c1-4-33(3)17-8-6-16(7-9-17)30-22-24(31-21-11-14(2)5-10-18(21)27)32-34(25(22)35)23-19(28)12-15(26)13-20(23)29/h5-13H,4H2,1-3H3,(H,31,32). The fraction of sp³-hybridized carbons (Fsp3) is 0.160. The zero-order valence-corrected chi connectivity index (χ0v) is 22.1. The molecule has 0 unspecified atom stereocenters. The number of aryl methyl sites for hydroxylation is 1. The number of carbonyl (C=O) groups is 1. The van der Waals surface area contributed by atoms with Gasteiger partial charge in [0.05, 0.1) is 26.4 Å². The quantitative estimate of drug-likeness (QED) is 0.361. The highest BCUT2D eigenvalue weighted by molar-refractivity contribution is 6.72. The molecule has 1 fully saturated rings. The predicted molar refractivity (Wildman–Crippen MR) is 148 cm³/mol. The van der Waals surface area contributed by atoms with Crippen LogP contribution in [0.5, 0.6) is 0 Å². The lowest BCUT2D eigenvalue weighted by atomic mass is 10.2. The van der Waals surface area contributed by atoms with Crippen LogP contribution in [-0.2, 0) is 4.79 Å². The topological polar surface area (TPSA) is 60.3 Å². The van der Waals surface area contributed by atoms with Crippen LogP contribution in [0.1, 0.15) is 12.5 Å². The Bertz CT molecular complexity index is 1330. The number of aliphatic imine (C=N–C) groups is 2. The van der Waals surface area contributed by atoms with Gasteiger partial charge in [-0.3, -0.25) is 10.2 Å². The van der Waals surface area contributed by atoms with Crippen LogP contribution >= 0.6 is 46.4 Å². The number of halogens is 4. The van der Waals surface area contributed by atoms with Crippen molar-refractivity contribution in [1.82, 2.24) is 5.43 Å². The number of nitrogens with zero attached hydrogens (tertiary/aromatic N) is 4. The van der Waals surface area contributed by atoms with E-state index in [4.69, 9.17) is 46.4 Å². The number of amidine groups is 1. The van der Waals surface area contributed by atoms with E-state index in [9.17, 15) is 4.79 Å². The first-order valence-corrected chi connectivity index (χ1v) is 12.2. The number of hydrogen-bond acceptors (Lipinski definition) is 4. The number of hydrogen-bond donors (Lipinski definition) is 1. The summed E-state index contributed by atoms with van der Waals surface area (Å²) in [6.45, 7) is 4.86. The average Bonchev–Trinajstić information content (AvgIpc) is 3.10. The molecular formula is C25H21Cl4N5O. The first-order chi connectivity index (χ1) is 16.7. The number of benzene rings is 3. The molecule has 1 N–H and O–H groups in total. The molecular weight excluding hydrogens is 528 g/mol. The van der Waals surface area contributed by atoms with Gasteiger partial charge in [0.1, 0.15) is 5.69 Å². The van der Waals surface area contributed by atoms with Crippen molar-refractivity contribution in [1.29, 1.82) is 0 Å². The predicted octanol–water partition coefficient (Wildman–Crippen LogP) is 7.42. The molecule has 3 aromatic rings. The van der Waals surface area contributed by atoms with Gasteiger partial charge in [0.25, 0.3) is 5.91 Å². The van der Waals surface area contributed by atoms with E-state index in [1.165, 1.54) is 17.1 Å². The molecule has 3 aromatic carbocycles. The molecule has 1 aliphatic rings. The first kappa shape index (κ1) is 25.3. The summed E-state index contributed by atoms with van der Waals surface area (Å²) in [5, 5.41) is 2.39. The zero-order chi connectivity index (χ0) is 25.3. The highest BCUT2D eigenvalue weighted by Gasteiger charge is 2.37. The maximum atomic E-state index is 13.5. The summed E-state index contributed by atoms with van der Waals surface area (Å²) in [5.41, 5.74) is 6.39. The third-order valence-corrected chi connectivity index (χ3v) is 6.51. The van der Waals surface area contributed by atoms with E-state index >= 15 is 0 Å². The summed E-state index contributed by atoms with van der Waals surface area (Å²) in [7, 11) is 2.00. The van der Waals surface area contributed by atoms with Gasteiger partial charge in [0, 0.05) is 24.3 Å². The molecule has 1 aliphatic heterocycles. The van der Waals surface area contributed by atoms with E-state index in [1.807, 2.05) is 50.4 Å². The number of anilines is 2. The van der Waals surface area contributed by atoms with Gasteiger partial charge in [-0.15, -0.1) is 0 Å². The number of rotatable bonds is 5. The van der Waals surface area contributed by atoms with Gasteiger partial charge in [-0.05, 0) is 67.9 Å². The second kappa shape index (κ2) is 10.5. The van der Waals surface area contributed by atoms with Gasteiger partial charge in [-0.1, -0.05) is 52.5 Å². The molecule has 35 heavy (non-hydrogen) atoms. The van der Waals surface area contributed by atoms with Crippen LogP contribution < -0.4 is 15.3 Å². The van der Waals surface area contributed by atoms with Crippen LogP contribution in [0.25, 0.3) is 0 Å². The summed E-state index contributed by atoms with van der Waals surface area (Å²) >= 11 is 25.2. The lowest BCUT2D eigenvalue weighted by Gasteiger charge is -2.18. The third kappa shape index (κ3) is 5.41. The van der Waals surface area contributed by atoms with Crippen molar-refractivity contribution in [3.63, 3.8) is 0 Å². The van der Waals surface area contributed by atoms with E-state index in [-0.39, 0.29) is 27.3 Å². The highest BCUT2D eigenvalue weighted by Crippen LogP contribution is 2.37. The molecule has 0 aliphatic carbocycles. The molecule has 1 amide bonds. The van der Waals surface area contributed by atoms with Crippen LogP contribution in [0.4, 0.5) is 22.7 Å². The van der Waals surface area contributed by atoms with E-state index in [1.54, 1.807) is 6.07 Å². The maximum Gasteiger partial charge on any atom is 0.299 e. The fourth-order valence-corrected chi connectivity index (χ4v) is 4.57. The molecule has 0 atom stereocenters. The third-order valence-electron chi connectivity index (χ3n) is 5.39.